The molecule has 0 spiro atoms. The van der Waals surface area contributed by atoms with E-state index in [-0.39, 0.29) is 17.4 Å². The van der Waals surface area contributed by atoms with E-state index in [0.29, 0.717) is 39.7 Å². The molecule has 4 bridgehead atoms. The van der Waals surface area contributed by atoms with Gasteiger partial charge in [-0.25, -0.2) is 4.98 Å². The number of rotatable bonds is 6. The standard InChI is InChI=1S/C30H27BrCl2N2O3S/c31-19-6-7-23-24(10-19)39-28(34-23)30(36)17-8-15-9-18(30)13-29(11-15,12-17)37-14-20-26(35-38-27(20)16-4-5-16)25-21(32)2-1-3-22(25)33/h1-3,6-7,10,15-18,36H,4-5,8-9,11-14H2/t15-,17-,18?,29-,30?/m0/s1. The fourth-order valence-electron chi connectivity index (χ4n) is 7.78. The van der Waals surface area contributed by atoms with E-state index in [1.165, 1.54) is 0 Å². The highest BCUT2D eigenvalue weighted by molar-refractivity contribution is 9.10. The van der Waals surface area contributed by atoms with E-state index in [9.17, 15) is 5.11 Å². The molecule has 0 aliphatic heterocycles. The molecule has 4 aromatic rings. The summed E-state index contributed by atoms with van der Waals surface area (Å²) in [6.07, 6.45) is 6.96. The molecule has 5 aliphatic carbocycles. The first kappa shape index (κ1) is 25.2. The molecule has 2 aromatic heterocycles. The maximum absolute atomic E-state index is 12.3. The highest BCUT2D eigenvalue weighted by Gasteiger charge is 2.64. The number of nitrogens with zero attached hydrogens (tertiary/aromatic N) is 2. The van der Waals surface area contributed by atoms with E-state index in [2.05, 4.69) is 27.2 Å². The fraction of sp³-hybridized carbons (Fsp3) is 0.467. The van der Waals surface area contributed by atoms with Gasteiger partial charge in [-0.15, -0.1) is 11.3 Å². The smallest absolute Gasteiger partial charge is 0.145 e. The normalized spacial score (nSPS) is 31.4. The number of aliphatic hydroxyl groups is 1. The van der Waals surface area contributed by atoms with Crippen LogP contribution in [0.5, 0.6) is 0 Å². The second kappa shape index (κ2) is 9.01. The summed E-state index contributed by atoms with van der Waals surface area (Å²) in [5, 5.41) is 18.7. The quantitative estimate of drug-likeness (QED) is 0.227. The molecule has 2 aromatic carbocycles. The number of hydrogen-bond donors (Lipinski definition) is 1. The van der Waals surface area contributed by atoms with Crippen molar-refractivity contribution in [3.8, 4) is 11.3 Å². The van der Waals surface area contributed by atoms with Gasteiger partial charge in [0.1, 0.15) is 22.1 Å². The number of aromatic nitrogens is 2. The molecule has 2 heterocycles. The highest BCUT2D eigenvalue weighted by atomic mass is 79.9. The molecule has 5 saturated carbocycles. The molecule has 5 aliphatic rings. The maximum atomic E-state index is 12.3. The van der Waals surface area contributed by atoms with Crippen molar-refractivity contribution in [3.63, 3.8) is 0 Å². The van der Waals surface area contributed by atoms with Crippen molar-refractivity contribution in [2.45, 2.75) is 68.7 Å². The molecule has 0 radical (unpaired) electrons. The van der Waals surface area contributed by atoms with Gasteiger partial charge < -0.3 is 14.4 Å². The van der Waals surface area contributed by atoms with Gasteiger partial charge in [-0.3, -0.25) is 0 Å². The first-order valence-electron chi connectivity index (χ1n) is 13.7. The molecule has 202 valence electrons. The van der Waals surface area contributed by atoms with E-state index in [1.54, 1.807) is 11.3 Å². The van der Waals surface area contributed by atoms with Crippen molar-refractivity contribution in [1.29, 1.82) is 0 Å². The number of fused-ring (bicyclic) bond motifs is 1. The molecule has 5 nitrogen and oxygen atoms in total. The van der Waals surface area contributed by atoms with Crippen molar-refractivity contribution < 1.29 is 14.4 Å². The summed E-state index contributed by atoms with van der Waals surface area (Å²) in [4.78, 5) is 4.94. The predicted octanol–water partition coefficient (Wildman–Crippen LogP) is 8.88. The Hall–Kier alpha value is -1.48. The molecule has 0 saturated heterocycles. The van der Waals surface area contributed by atoms with Crippen molar-refractivity contribution in [1.82, 2.24) is 10.1 Å². The van der Waals surface area contributed by atoms with Crippen LogP contribution in [0.2, 0.25) is 10.0 Å². The third kappa shape index (κ3) is 3.98. The Morgan fingerprint density at radius 2 is 1.82 bits per heavy atom. The lowest BCUT2D eigenvalue weighted by atomic mass is 9.48. The summed E-state index contributed by atoms with van der Waals surface area (Å²) in [6.45, 7) is 0.409. The van der Waals surface area contributed by atoms with Crippen LogP contribution in [0.15, 0.2) is 45.4 Å². The van der Waals surface area contributed by atoms with E-state index in [1.807, 2.05) is 30.3 Å². The summed E-state index contributed by atoms with van der Waals surface area (Å²) in [5.74, 6) is 2.12. The van der Waals surface area contributed by atoms with Gasteiger partial charge in [-0.2, -0.15) is 0 Å². The predicted molar refractivity (Wildman–Crippen MR) is 156 cm³/mol. The van der Waals surface area contributed by atoms with E-state index >= 15 is 0 Å². The molecule has 9 heteroatoms. The number of halogens is 3. The van der Waals surface area contributed by atoms with Crippen LogP contribution in [-0.2, 0) is 16.9 Å². The van der Waals surface area contributed by atoms with Crippen LogP contribution in [0, 0.1) is 17.8 Å². The van der Waals surface area contributed by atoms with Gasteiger partial charge in [0.2, 0.25) is 0 Å². The molecule has 39 heavy (non-hydrogen) atoms. The largest absolute Gasteiger partial charge is 0.382 e. The van der Waals surface area contributed by atoms with E-state index in [4.69, 9.17) is 37.4 Å². The Morgan fingerprint density at radius 1 is 1.08 bits per heavy atom. The minimum Gasteiger partial charge on any atom is -0.382 e. The Labute approximate surface area is 249 Å². The molecule has 5 fully saturated rings. The zero-order valence-electron chi connectivity index (χ0n) is 21.1. The van der Waals surface area contributed by atoms with Crippen LogP contribution in [0.4, 0.5) is 0 Å². The highest BCUT2D eigenvalue weighted by Crippen LogP contribution is 2.65. The van der Waals surface area contributed by atoms with Gasteiger partial charge in [-0.1, -0.05) is 50.4 Å². The van der Waals surface area contributed by atoms with Gasteiger partial charge in [0.15, 0.2) is 0 Å². The Balaban J connectivity index is 1.11. The van der Waals surface area contributed by atoms with Crippen LogP contribution >= 0.6 is 50.5 Å². The van der Waals surface area contributed by atoms with Crippen molar-refractivity contribution in [2.24, 2.45) is 17.8 Å². The monoisotopic (exact) mass is 644 g/mol. The zero-order chi connectivity index (χ0) is 26.5. The summed E-state index contributed by atoms with van der Waals surface area (Å²) in [5.41, 5.74) is 2.16. The van der Waals surface area contributed by atoms with Gasteiger partial charge in [-0.05, 0) is 93.0 Å². The minimum absolute atomic E-state index is 0.135. The Bertz CT molecular complexity index is 1580. The number of thiazole rings is 1. The van der Waals surface area contributed by atoms with Crippen molar-refractivity contribution >= 4 is 60.7 Å². The van der Waals surface area contributed by atoms with E-state index < -0.39 is 5.60 Å². The SMILES string of the molecule is OC1(c2nc3ccc(Br)cc3s2)C2C[C@@H]3C[C@H]1C[C@](OCc1c(-c4c(Cl)cccc4Cl)noc1C1CC1)(C2)C3. The second-order valence-corrected chi connectivity index (χ2v) is 14.8. The van der Waals surface area contributed by atoms with Gasteiger partial charge in [0.25, 0.3) is 0 Å². The minimum atomic E-state index is -0.896. The summed E-state index contributed by atoms with van der Waals surface area (Å²) in [6, 6.07) is 11.6. The number of hydrogen-bond acceptors (Lipinski definition) is 6. The number of ether oxygens (including phenoxy) is 1. The molecular formula is C30H27BrCl2N2O3S. The summed E-state index contributed by atoms with van der Waals surface area (Å²) in [7, 11) is 0. The lowest BCUT2D eigenvalue weighted by molar-refractivity contribution is -0.250. The van der Waals surface area contributed by atoms with Gasteiger partial charge in [0, 0.05) is 21.5 Å². The van der Waals surface area contributed by atoms with Crippen LogP contribution in [0.3, 0.4) is 0 Å². The van der Waals surface area contributed by atoms with E-state index in [0.717, 1.165) is 76.0 Å². The first-order valence-corrected chi connectivity index (χ1v) is 16.1. The van der Waals surface area contributed by atoms with Gasteiger partial charge >= 0.3 is 0 Å². The van der Waals surface area contributed by atoms with Crippen LogP contribution in [0.1, 0.15) is 67.2 Å². The third-order valence-electron chi connectivity index (χ3n) is 9.56. The molecule has 1 N–H and O–H groups in total. The molecule has 9 rings (SSSR count). The average Bonchev–Trinajstić information content (AvgIpc) is 3.52. The maximum Gasteiger partial charge on any atom is 0.145 e. The molecular weight excluding hydrogens is 619 g/mol. The Kier molecular flexibility index (Phi) is 5.83. The average molecular weight is 646 g/mol. The Morgan fingerprint density at radius 3 is 2.54 bits per heavy atom. The summed E-state index contributed by atoms with van der Waals surface area (Å²) >= 11 is 18.4. The molecule has 5 atom stereocenters. The number of benzene rings is 2. The lowest BCUT2D eigenvalue weighted by Gasteiger charge is -2.62. The second-order valence-electron chi connectivity index (χ2n) is 12.0. The van der Waals surface area contributed by atoms with Crippen LogP contribution in [-0.4, -0.2) is 20.8 Å². The topological polar surface area (TPSA) is 68.4 Å². The van der Waals surface area contributed by atoms with Crippen molar-refractivity contribution in [2.75, 3.05) is 0 Å². The van der Waals surface area contributed by atoms with Crippen LogP contribution < -0.4 is 0 Å². The zero-order valence-corrected chi connectivity index (χ0v) is 25.0. The van der Waals surface area contributed by atoms with Crippen LogP contribution in [0.25, 0.3) is 21.5 Å². The molecule has 2 unspecified atom stereocenters. The molecule has 0 amide bonds. The lowest BCUT2D eigenvalue weighted by Crippen LogP contribution is -2.62. The van der Waals surface area contributed by atoms with Crippen molar-refractivity contribution in [3.05, 3.63) is 67.2 Å². The first-order chi connectivity index (χ1) is 18.8. The summed E-state index contributed by atoms with van der Waals surface area (Å²) < 4.78 is 15.0. The van der Waals surface area contributed by atoms with Gasteiger partial charge in [0.05, 0.1) is 32.5 Å². The third-order valence-corrected chi connectivity index (χ3v) is 11.8. The fourth-order valence-corrected chi connectivity index (χ4v) is 10.1.